The van der Waals surface area contributed by atoms with Crippen molar-refractivity contribution in [2.75, 3.05) is 5.32 Å². The van der Waals surface area contributed by atoms with Crippen LogP contribution in [0.15, 0.2) is 140 Å². The van der Waals surface area contributed by atoms with Gasteiger partial charge >= 0.3 is 0 Å². The minimum Gasteiger partial charge on any atom is -0.355 e. The van der Waals surface area contributed by atoms with Crippen LogP contribution in [0.4, 0.5) is 11.4 Å². The van der Waals surface area contributed by atoms with E-state index in [1.807, 2.05) is 11.3 Å². The number of hydrogen-bond acceptors (Lipinski definition) is 2. The fourth-order valence-electron chi connectivity index (χ4n) is 5.89. The number of aromatic nitrogens is 1. The smallest absolute Gasteiger partial charge is 0.0542 e. The van der Waals surface area contributed by atoms with Gasteiger partial charge in [0.2, 0.25) is 0 Å². The molecule has 0 spiro atoms. The fraction of sp³-hybridized carbons (Fsp3) is 0. The SMILES string of the molecule is c1ccc(-c2c(Nc3ccc4c(c3)c3ccccc3n4-c3ccccc3)ccc3sc4ccccc4c23)cc1. The maximum Gasteiger partial charge on any atom is 0.0542 e. The number of benzene rings is 6. The Labute approximate surface area is 230 Å². The van der Waals surface area contributed by atoms with Crippen molar-refractivity contribution in [3.05, 3.63) is 140 Å². The minimum atomic E-state index is 1.08. The lowest BCUT2D eigenvalue weighted by Crippen LogP contribution is -1.95. The lowest BCUT2D eigenvalue weighted by atomic mass is 9.97. The van der Waals surface area contributed by atoms with Crippen LogP contribution >= 0.6 is 11.3 Å². The lowest BCUT2D eigenvalue weighted by Gasteiger charge is -2.15. The Hall–Kier alpha value is -4.86. The second-order valence-electron chi connectivity index (χ2n) is 9.87. The van der Waals surface area contributed by atoms with Crippen LogP contribution in [0, 0.1) is 0 Å². The third-order valence-corrected chi connectivity index (χ3v) is 8.71. The number of thiophene rings is 1. The molecular formula is C36H24N2S. The maximum atomic E-state index is 3.82. The summed E-state index contributed by atoms with van der Waals surface area (Å²) in [5.74, 6) is 0. The van der Waals surface area contributed by atoms with Gasteiger partial charge < -0.3 is 9.88 Å². The van der Waals surface area contributed by atoms with Crippen LogP contribution in [0.1, 0.15) is 0 Å². The highest BCUT2D eigenvalue weighted by Crippen LogP contribution is 2.44. The Morgan fingerprint density at radius 1 is 0.513 bits per heavy atom. The number of hydrogen-bond donors (Lipinski definition) is 1. The summed E-state index contributed by atoms with van der Waals surface area (Å²) >= 11 is 1.86. The molecule has 0 radical (unpaired) electrons. The molecule has 0 bridgehead atoms. The molecule has 0 aliphatic carbocycles. The molecule has 184 valence electrons. The van der Waals surface area contributed by atoms with Gasteiger partial charge in [0.05, 0.1) is 11.0 Å². The number of para-hydroxylation sites is 2. The number of nitrogens with one attached hydrogen (secondary N) is 1. The first kappa shape index (κ1) is 22.2. The third-order valence-electron chi connectivity index (χ3n) is 7.57. The highest BCUT2D eigenvalue weighted by Gasteiger charge is 2.17. The molecule has 2 heterocycles. The van der Waals surface area contributed by atoms with Crippen molar-refractivity contribution in [1.29, 1.82) is 0 Å². The summed E-state index contributed by atoms with van der Waals surface area (Å²) in [6.45, 7) is 0. The van der Waals surface area contributed by atoms with Crippen molar-refractivity contribution in [2.45, 2.75) is 0 Å². The standard InChI is InChI=1S/C36H24N2S/c1-3-11-24(12-4-1)35-30(20-22-34-36(35)28-16-8-10-18-33(28)39-34)37-25-19-21-32-29(23-25)27-15-7-9-17-31(27)38(32)26-13-5-2-6-14-26/h1-23,37H. The topological polar surface area (TPSA) is 17.0 Å². The van der Waals surface area contributed by atoms with E-state index in [4.69, 9.17) is 0 Å². The molecule has 2 aromatic heterocycles. The molecule has 8 aromatic rings. The molecule has 0 atom stereocenters. The molecule has 8 rings (SSSR count). The highest BCUT2D eigenvalue weighted by atomic mass is 32.1. The van der Waals surface area contributed by atoms with Gasteiger partial charge in [0.15, 0.2) is 0 Å². The van der Waals surface area contributed by atoms with Crippen LogP contribution < -0.4 is 5.32 Å². The first-order valence-electron chi connectivity index (χ1n) is 13.2. The molecule has 6 aromatic carbocycles. The van der Waals surface area contributed by atoms with Crippen LogP contribution in [0.2, 0.25) is 0 Å². The van der Waals surface area contributed by atoms with Gasteiger partial charge in [-0.05, 0) is 60.2 Å². The minimum absolute atomic E-state index is 1.08. The van der Waals surface area contributed by atoms with E-state index in [0.717, 1.165) is 11.4 Å². The highest BCUT2D eigenvalue weighted by molar-refractivity contribution is 7.26. The molecule has 39 heavy (non-hydrogen) atoms. The van der Waals surface area contributed by atoms with Gasteiger partial charge in [-0.3, -0.25) is 0 Å². The average Bonchev–Trinajstić information content (AvgIpc) is 3.54. The van der Waals surface area contributed by atoms with Crippen molar-refractivity contribution in [2.24, 2.45) is 0 Å². The zero-order chi connectivity index (χ0) is 25.8. The summed E-state index contributed by atoms with van der Waals surface area (Å²) in [5.41, 5.74) is 8.25. The molecule has 0 fully saturated rings. The van der Waals surface area contributed by atoms with E-state index < -0.39 is 0 Å². The zero-order valence-electron chi connectivity index (χ0n) is 21.1. The summed E-state index contributed by atoms with van der Waals surface area (Å²) in [7, 11) is 0. The van der Waals surface area contributed by atoms with Crippen molar-refractivity contribution >= 4 is 64.7 Å². The zero-order valence-corrected chi connectivity index (χ0v) is 22.0. The molecule has 0 aliphatic heterocycles. The Balaban J connectivity index is 1.34. The maximum absolute atomic E-state index is 3.82. The monoisotopic (exact) mass is 516 g/mol. The van der Waals surface area contributed by atoms with Crippen LogP contribution in [0.25, 0.3) is 58.8 Å². The van der Waals surface area contributed by atoms with Crippen molar-refractivity contribution in [3.63, 3.8) is 0 Å². The van der Waals surface area contributed by atoms with E-state index in [-0.39, 0.29) is 0 Å². The van der Waals surface area contributed by atoms with Crippen molar-refractivity contribution < 1.29 is 0 Å². The molecule has 0 unspecified atom stereocenters. The number of rotatable bonds is 4. The van der Waals surface area contributed by atoms with E-state index in [9.17, 15) is 0 Å². The second-order valence-corrected chi connectivity index (χ2v) is 11.0. The molecule has 1 N–H and O–H groups in total. The largest absolute Gasteiger partial charge is 0.355 e. The van der Waals surface area contributed by atoms with Crippen LogP contribution in [-0.4, -0.2) is 4.57 Å². The molecule has 2 nitrogen and oxygen atoms in total. The van der Waals surface area contributed by atoms with Gasteiger partial charge in [-0.25, -0.2) is 0 Å². The van der Waals surface area contributed by atoms with E-state index >= 15 is 0 Å². The predicted octanol–water partition coefficient (Wildman–Crippen LogP) is 10.6. The molecule has 0 saturated heterocycles. The first-order chi connectivity index (χ1) is 19.3. The molecule has 3 heteroatoms. The normalized spacial score (nSPS) is 11.6. The number of nitrogens with zero attached hydrogens (tertiary/aromatic N) is 1. The number of fused-ring (bicyclic) bond motifs is 6. The van der Waals surface area contributed by atoms with E-state index in [0.29, 0.717) is 0 Å². The summed E-state index contributed by atoms with van der Waals surface area (Å²) in [5, 5.41) is 8.93. The third kappa shape index (κ3) is 3.55. The van der Waals surface area contributed by atoms with Gasteiger partial charge in [-0.1, -0.05) is 84.9 Å². The summed E-state index contributed by atoms with van der Waals surface area (Å²) in [6.07, 6.45) is 0. The van der Waals surface area contributed by atoms with Gasteiger partial charge in [-0.15, -0.1) is 11.3 Å². The van der Waals surface area contributed by atoms with Crippen molar-refractivity contribution in [1.82, 2.24) is 4.57 Å². The fourth-order valence-corrected chi connectivity index (χ4v) is 7.00. The summed E-state index contributed by atoms with van der Waals surface area (Å²) in [6, 6.07) is 50.0. The van der Waals surface area contributed by atoms with Gasteiger partial charge in [0.25, 0.3) is 0 Å². The Kier molecular flexibility index (Phi) is 5.04. The number of anilines is 2. The van der Waals surface area contributed by atoms with Crippen LogP contribution in [0.3, 0.4) is 0 Å². The lowest BCUT2D eigenvalue weighted by molar-refractivity contribution is 1.18. The quantitative estimate of drug-likeness (QED) is 0.246. The summed E-state index contributed by atoms with van der Waals surface area (Å²) in [4.78, 5) is 0. The average molecular weight is 517 g/mol. The van der Waals surface area contributed by atoms with Gasteiger partial charge in [0.1, 0.15) is 0 Å². The van der Waals surface area contributed by atoms with Crippen molar-refractivity contribution in [3.8, 4) is 16.8 Å². The Morgan fingerprint density at radius 2 is 1.21 bits per heavy atom. The molecule has 0 amide bonds. The predicted molar refractivity (Wildman–Crippen MR) is 169 cm³/mol. The Morgan fingerprint density at radius 3 is 2.05 bits per heavy atom. The summed E-state index contributed by atoms with van der Waals surface area (Å²) < 4.78 is 4.98. The Bertz CT molecular complexity index is 2140. The first-order valence-corrected chi connectivity index (χ1v) is 14.0. The second kappa shape index (κ2) is 8.87. The van der Waals surface area contributed by atoms with Gasteiger partial charge in [-0.2, -0.15) is 0 Å². The molecule has 0 saturated carbocycles. The van der Waals surface area contributed by atoms with E-state index in [1.54, 1.807) is 0 Å². The van der Waals surface area contributed by atoms with E-state index in [1.165, 1.54) is 58.8 Å². The molecule has 0 aliphatic rings. The molecular weight excluding hydrogens is 492 g/mol. The van der Waals surface area contributed by atoms with E-state index in [2.05, 4.69) is 149 Å². The van der Waals surface area contributed by atoms with Gasteiger partial charge in [0, 0.05) is 53.6 Å². The van der Waals surface area contributed by atoms with Crippen LogP contribution in [0.5, 0.6) is 0 Å². The van der Waals surface area contributed by atoms with Crippen LogP contribution in [-0.2, 0) is 0 Å².